The maximum Gasteiger partial charge on any atom is 0.216 e. The molecule has 0 amide bonds. The molecule has 5 rings (SSSR count). The van der Waals surface area contributed by atoms with Gasteiger partial charge in [-0.25, -0.2) is 9.97 Å². The molecule has 4 aromatic rings. The summed E-state index contributed by atoms with van der Waals surface area (Å²) in [4.78, 5) is 16.8. The van der Waals surface area contributed by atoms with Gasteiger partial charge in [-0.2, -0.15) is 0 Å². The number of pyridine rings is 3. The molecule has 146 valence electrons. The van der Waals surface area contributed by atoms with E-state index >= 15 is 0 Å². The number of nitrogens with zero attached hydrogens (tertiary/aromatic N) is 3. The summed E-state index contributed by atoms with van der Waals surface area (Å²) < 4.78 is 5.33. The Labute approximate surface area is 170 Å². The molecule has 0 spiro atoms. The van der Waals surface area contributed by atoms with E-state index in [0.717, 1.165) is 36.2 Å². The van der Waals surface area contributed by atoms with Crippen LogP contribution in [0.15, 0.2) is 55.1 Å². The predicted octanol–water partition coefficient (Wildman–Crippen LogP) is 4.61. The molecule has 1 saturated carbocycles. The van der Waals surface area contributed by atoms with Crippen LogP contribution in [0.3, 0.4) is 0 Å². The average Bonchev–Trinajstić information content (AvgIpc) is 3.55. The Morgan fingerprint density at radius 2 is 1.97 bits per heavy atom. The van der Waals surface area contributed by atoms with Crippen LogP contribution in [-0.2, 0) is 19.3 Å². The Morgan fingerprint density at radius 1 is 1.03 bits per heavy atom. The zero-order valence-electron chi connectivity index (χ0n) is 16.6. The molecule has 0 aliphatic heterocycles. The second kappa shape index (κ2) is 7.66. The van der Waals surface area contributed by atoms with Gasteiger partial charge in [0.05, 0.1) is 7.11 Å². The summed E-state index contributed by atoms with van der Waals surface area (Å²) in [6.07, 6.45) is 13.0. The molecule has 5 nitrogen and oxygen atoms in total. The number of H-pyrrole nitrogens is 1. The number of aromatic nitrogens is 4. The molecule has 4 heterocycles. The first-order valence-electron chi connectivity index (χ1n) is 10.2. The minimum absolute atomic E-state index is 0.697. The smallest absolute Gasteiger partial charge is 0.216 e. The summed E-state index contributed by atoms with van der Waals surface area (Å²) in [5, 5.41) is 1.24. The third kappa shape index (κ3) is 3.86. The molecule has 29 heavy (non-hydrogen) atoms. The van der Waals surface area contributed by atoms with Gasteiger partial charge in [-0.05, 0) is 66.5 Å². The van der Waals surface area contributed by atoms with E-state index in [4.69, 9.17) is 4.74 Å². The molecular weight excluding hydrogens is 360 g/mol. The molecule has 0 saturated heterocycles. The van der Waals surface area contributed by atoms with Crippen molar-refractivity contribution in [3.05, 3.63) is 83.1 Å². The molecular formula is C24H24N4O. The van der Waals surface area contributed by atoms with Crippen LogP contribution in [0.5, 0.6) is 5.88 Å². The van der Waals surface area contributed by atoms with E-state index in [1.807, 2.05) is 18.5 Å². The number of methoxy groups -OCH3 is 1. The molecule has 0 radical (unpaired) electrons. The normalized spacial score (nSPS) is 13.7. The van der Waals surface area contributed by atoms with Crippen LogP contribution < -0.4 is 4.74 Å². The third-order valence-electron chi connectivity index (χ3n) is 5.66. The number of nitrogens with one attached hydrogen (secondary N) is 1. The fourth-order valence-corrected chi connectivity index (χ4v) is 3.85. The van der Waals surface area contributed by atoms with Gasteiger partial charge in [-0.3, -0.25) is 4.98 Å². The summed E-state index contributed by atoms with van der Waals surface area (Å²) in [5.41, 5.74) is 7.03. The van der Waals surface area contributed by atoms with E-state index < -0.39 is 0 Å². The molecule has 0 unspecified atom stereocenters. The van der Waals surface area contributed by atoms with Crippen LogP contribution >= 0.6 is 0 Å². The minimum Gasteiger partial charge on any atom is -0.481 e. The fourth-order valence-electron chi connectivity index (χ4n) is 3.85. The number of rotatable bonds is 7. The molecule has 0 bridgehead atoms. The van der Waals surface area contributed by atoms with Crippen molar-refractivity contribution in [3.63, 3.8) is 0 Å². The van der Waals surface area contributed by atoms with Crippen LogP contribution in [0, 0.1) is 0 Å². The number of ether oxygens (including phenoxy) is 1. The zero-order valence-corrected chi connectivity index (χ0v) is 16.6. The van der Waals surface area contributed by atoms with Gasteiger partial charge in [0.1, 0.15) is 5.65 Å². The number of hydrogen-bond acceptors (Lipinski definition) is 4. The number of fused-ring (bicyclic) bond motifs is 1. The van der Waals surface area contributed by atoms with Crippen LogP contribution in [0.25, 0.3) is 11.0 Å². The predicted molar refractivity (Wildman–Crippen MR) is 113 cm³/mol. The van der Waals surface area contributed by atoms with E-state index in [0.29, 0.717) is 11.8 Å². The third-order valence-corrected chi connectivity index (χ3v) is 5.66. The minimum atomic E-state index is 0.697. The quantitative estimate of drug-likeness (QED) is 0.505. The van der Waals surface area contributed by atoms with Gasteiger partial charge >= 0.3 is 0 Å². The maximum atomic E-state index is 5.33. The molecule has 1 fully saturated rings. The Kier molecular flexibility index (Phi) is 4.72. The summed E-state index contributed by atoms with van der Waals surface area (Å²) in [7, 11) is 1.66. The van der Waals surface area contributed by atoms with Crippen molar-refractivity contribution in [2.45, 2.75) is 38.0 Å². The highest BCUT2D eigenvalue weighted by atomic mass is 16.5. The SMILES string of the molecule is COc1ncccc1CCc1ccc(Cc2c[nH]c3ncc(C4CC4)cc23)cn1. The maximum absolute atomic E-state index is 5.33. The highest BCUT2D eigenvalue weighted by Gasteiger charge is 2.24. The lowest BCUT2D eigenvalue weighted by Gasteiger charge is -2.07. The Hall–Kier alpha value is -3.21. The van der Waals surface area contributed by atoms with E-state index in [-0.39, 0.29) is 0 Å². The Bertz CT molecular complexity index is 1130. The van der Waals surface area contributed by atoms with Crippen molar-refractivity contribution in [3.8, 4) is 5.88 Å². The van der Waals surface area contributed by atoms with Crippen molar-refractivity contribution < 1.29 is 4.74 Å². The lowest BCUT2D eigenvalue weighted by molar-refractivity contribution is 0.392. The number of aryl methyl sites for hydroxylation is 2. The Morgan fingerprint density at radius 3 is 2.76 bits per heavy atom. The second-order valence-corrected chi connectivity index (χ2v) is 7.76. The van der Waals surface area contributed by atoms with E-state index in [9.17, 15) is 0 Å². The van der Waals surface area contributed by atoms with Crippen LogP contribution in [-0.4, -0.2) is 27.0 Å². The standard InChI is InChI=1S/C24H24N4O/c1-29-24-18(3-2-10-25-24)7-9-21-8-4-16(13-26-21)11-20-15-28-23-22(20)12-19(14-27-23)17-5-6-17/h2-4,8,10,12-15,17H,5-7,9,11H2,1H3,(H,27,28). The molecule has 5 heteroatoms. The first-order valence-corrected chi connectivity index (χ1v) is 10.2. The average molecular weight is 384 g/mol. The summed E-state index contributed by atoms with van der Waals surface area (Å²) >= 11 is 0. The summed E-state index contributed by atoms with van der Waals surface area (Å²) in [5.74, 6) is 1.41. The number of aromatic amines is 1. The molecule has 0 atom stereocenters. The molecule has 0 aromatic carbocycles. The van der Waals surface area contributed by atoms with Gasteiger partial charge < -0.3 is 9.72 Å². The molecule has 4 aromatic heterocycles. The van der Waals surface area contributed by atoms with Gasteiger partial charge in [0.2, 0.25) is 5.88 Å². The first kappa shape index (κ1) is 17.9. The van der Waals surface area contributed by atoms with Gasteiger partial charge in [-0.1, -0.05) is 12.1 Å². The zero-order chi connectivity index (χ0) is 19.6. The Balaban J connectivity index is 1.28. The van der Waals surface area contributed by atoms with Crippen LogP contribution in [0.4, 0.5) is 0 Å². The molecule has 1 N–H and O–H groups in total. The van der Waals surface area contributed by atoms with Crippen LogP contribution in [0.2, 0.25) is 0 Å². The highest BCUT2D eigenvalue weighted by Crippen LogP contribution is 2.40. The largest absolute Gasteiger partial charge is 0.481 e. The van der Waals surface area contributed by atoms with Crippen LogP contribution in [0.1, 0.15) is 46.7 Å². The van der Waals surface area contributed by atoms with E-state index in [2.05, 4.69) is 50.4 Å². The van der Waals surface area contributed by atoms with Gasteiger partial charge in [0.25, 0.3) is 0 Å². The van der Waals surface area contributed by atoms with Crippen molar-refractivity contribution in [2.24, 2.45) is 0 Å². The topological polar surface area (TPSA) is 63.7 Å². The van der Waals surface area contributed by atoms with Crippen molar-refractivity contribution in [1.82, 2.24) is 19.9 Å². The van der Waals surface area contributed by atoms with Gasteiger partial charge in [-0.15, -0.1) is 0 Å². The van der Waals surface area contributed by atoms with E-state index in [1.54, 1.807) is 13.3 Å². The highest BCUT2D eigenvalue weighted by molar-refractivity contribution is 5.80. The lowest BCUT2D eigenvalue weighted by Crippen LogP contribution is -1.99. The van der Waals surface area contributed by atoms with Crippen molar-refractivity contribution in [2.75, 3.05) is 7.11 Å². The van der Waals surface area contributed by atoms with Crippen molar-refractivity contribution >= 4 is 11.0 Å². The fraction of sp³-hybridized carbons (Fsp3) is 0.292. The van der Waals surface area contributed by atoms with E-state index in [1.165, 1.54) is 34.9 Å². The van der Waals surface area contributed by atoms with Gasteiger partial charge in [0, 0.05) is 47.9 Å². The summed E-state index contributed by atoms with van der Waals surface area (Å²) in [6, 6.07) is 10.6. The lowest BCUT2D eigenvalue weighted by atomic mass is 10.0. The summed E-state index contributed by atoms with van der Waals surface area (Å²) in [6.45, 7) is 0. The second-order valence-electron chi connectivity index (χ2n) is 7.76. The molecule has 1 aliphatic rings. The number of hydrogen-bond donors (Lipinski definition) is 1. The molecule has 1 aliphatic carbocycles. The van der Waals surface area contributed by atoms with Gasteiger partial charge in [0.15, 0.2) is 0 Å². The van der Waals surface area contributed by atoms with Crippen molar-refractivity contribution in [1.29, 1.82) is 0 Å². The monoisotopic (exact) mass is 384 g/mol. The first-order chi connectivity index (χ1) is 14.3.